The van der Waals surface area contributed by atoms with Gasteiger partial charge in [-0.1, -0.05) is 32.9 Å². The fourth-order valence-corrected chi connectivity index (χ4v) is 5.88. The van der Waals surface area contributed by atoms with Gasteiger partial charge in [0.05, 0.1) is 0 Å². The van der Waals surface area contributed by atoms with Crippen LogP contribution < -0.4 is 10.6 Å². The molecule has 1 saturated heterocycles. The summed E-state index contributed by atoms with van der Waals surface area (Å²) >= 11 is 0. The van der Waals surface area contributed by atoms with Gasteiger partial charge in [0.25, 0.3) is 5.91 Å². The number of rotatable bonds is 3. The second-order valence-corrected chi connectivity index (χ2v) is 9.96. The number of nitrogens with zero attached hydrogens (tertiary/aromatic N) is 1. The van der Waals surface area contributed by atoms with Crippen molar-refractivity contribution in [2.45, 2.75) is 71.3 Å². The highest BCUT2D eigenvalue weighted by Gasteiger charge is 2.56. The number of fused-ring (bicyclic) bond motifs is 1. The molecule has 2 fully saturated rings. The quantitative estimate of drug-likeness (QED) is 0.765. The molecule has 2 N–H and O–H groups in total. The SMILES string of the molecule is CC1CC(C)(C)CC2(C1)NC(=O)N(CC(=O)Nc1cccc3c1CCCC3)C2=O. The summed E-state index contributed by atoms with van der Waals surface area (Å²) in [5.41, 5.74) is 2.37. The monoisotopic (exact) mass is 397 g/mol. The summed E-state index contributed by atoms with van der Waals surface area (Å²) in [6.45, 7) is 6.15. The van der Waals surface area contributed by atoms with E-state index in [4.69, 9.17) is 0 Å². The molecule has 2 aliphatic carbocycles. The standard InChI is InChI=1S/C23H31N3O3/c1-15-11-22(2,3)14-23(12-15)20(28)26(21(29)25-23)13-19(27)24-18-10-6-8-16-7-4-5-9-17(16)18/h6,8,10,15H,4-5,7,9,11-14H2,1-3H3,(H,24,27)(H,25,29). The fourth-order valence-electron chi connectivity index (χ4n) is 5.88. The molecule has 0 radical (unpaired) electrons. The first-order chi connectivity index (χ1) is 13.7. The van der Waals surface area contributed by atoms with Crippen LogP contribution in [0.15, 0.2) is 18.2 Å². The maximum Gasteiger partial charge on any atom is 0.325 e. The molecule has 6 heteroatoms. The van der Waals surface area contributed by atoms with Crippen molar-refractivity contribution >= 4 is 23.5 Å². The van der Waals surface area contributed by atoms with Gasteiger partial charge in [-0.15, -0.1) is 0 Å². The summed E-state index contributed by atoms with van der Waals surface area (Å²) in [6, 6.07) is 5.51. The predicted octanol–water partition coefficient (Wildman–Crippen LogP) is 3.64. The average Bonchev–Trinajstić information content (AvgIpc) is 2.83. The Labute approximate surface area is 172 Å². The van der Waals surface area contributed by atoms with Gasteiger partial charge < -0.3 is 10.6 Å². The van der Waals surface area contributed by atoms with Crippen LogP contribution in [0.4, 0.5) is 10.5 Å². The molecule has 2 atom stereocenters. The molecule has 4 rings (SSSR count). The summed E-state index contributed by atoms with van der Waals surface area (Å²) in [5.74, 6) is -0.243. The van der Waals surface area contributed by atoms with Gasteiger partial charge >= 0.3 is 6.03 Å². The number of carbonyl (C=O) groups excluding carboxylic acids is 3. The molecule has 1 aromatic rings. The number of carbonyl (C=O) groups is 3. The van der Waals surface area contributed by atoms with E-state index in [0.717, 1.165) is 36.3 Å². The number of urea groups is 1. The predicted molar refractivity (Wildman–Crippen MR) is 111 cm³/mol. The summed E-state index contributed by atoms with van der Waals surface area (Å²) in [7, 11) is 0. The summed E-state index contributed by atoms with van der Waals surface area (Å²) in [4.78, 5) is 39.6. The number of amides is 4. The van der Waals surface area contributed by atoms with Gasteiger partial charge in [0, 0.05) is 5.69 Å². The summed E-state index contributed by atoms with van der Waals surface area (Å²) < 4.78 is 0. The zero-order chi connectivity index (χ0) is 20.8. The van der Waals surface area contributed by atoms with Crippen LogP contribution >= 0.6 is 0 Å². The molecular formula is C23H31N3O3. The largest absolute Gasteiger partial charge is 0.325 e. The Bertz CT molecular complexity index is 863. The van der Waals surface area contributed by atoms with Crippen molar-refractivity contribution < 1.29 is 14.4 Å². The first-order valence-electron chi connectivity index (χ1n) is 10.7. The van der Waals surface area contributed by atoms with Crippen molar-refractivity contribution in [3.8, 4) is 0 Å². The number of aryl methyl sites for hydroxylation is 1. The third-order valence-corrected chi connectivity index (χ3v) is 6.60. The van der Waals surface area contributed by atoms with E-state index in [0.29, 0.717) is 18.8 Å². The zero-order valence-electron chi connectivity index (χ0n) is 17.6. The lowest BCUT2D eigenvalue weighted by molar-refractivity contribution is -0.136. The van der Waals surface area contributed by atoms with E-state index in [9.17, 15) is 14.4 Å². The number of nitrogens with one attached hydrogen (secondary N) is 2. The van der Waals surface area contributed by atoms with Gasteiger partial charge in [-0.2, -0.15) is 0 Å². The lowest BCUT2D eigenvalue weighted by atomic mass is 9.64. The van der Waals surface area contributed by atoms with Crippen LogP contribution in [0.5, 0.6) is 0 Å². The average molecular weight is 398 g/mol. The molecule has 1 aliphatic heterocycles. The molecule has 1 heterocycles. The highest BCUT2D eigenvalue weighted by atomic mass is 16.2. The topological polar surface area (TPSA) is 78.5 Å². The van der Waals surface area contributed by atoms with E-state index >= 15 is 0 Å². The van der Waals surface area contributed by atoms with Crippen molar-refractivity contribution in [1.29, 1.82) is 0 Å². The Balaban J connectivity index is 1.48. The number of benzene rings is 1. The first kappa shape index (κ1) is 19.9. The number of hydrogen-bond donors (Lipinski definition) is 2. The molecule has 1 saturated carbocycles. The van der Waals surface area contributed by atoms with E-state index in [1.54, 1.807) is 0 Å². The van der Waals surface area contributed by atoms with E-state index < -0.39 is 11.6 Å². The van der Waals surface area contributed by atoms with Gasteiger partial charge in [0.2, 0.25) is 5.91 Å². The van der Waals surface area contributed by atoms with Crippen molar-refractivity contribution in [2.75, 3.05) is 11.9 Å². The van der Waals surface area contributed by atoms with E-state index in [2.05, 4.69) is 37.5 Å². The van der Waals surface area contributed by atoms with E-state index in [1.807, 2.05) is 12.1 Å². The van der Waals surface area contributed by atoms with Gasteiger partial charge in [-0.3, -0.25) is 14.5 Å². The summed E-state index contributed by atoms with van der Waals surface area (Å²) in [6.07, 6.45) is 6.53. The molecule has 4 amide bonds. The van der Waals surface area contributed by atoms with Gasteiger partial charge in [0.15, 0.2) is 0 Å². The highest BCUT2D eigenvalue weighted by Crippen LogP contribution is 2.46. The van der Waals surface area contributed by atoms with Crippen molar-refractivity contribution in [2.24, 2.45) is 11.3 Å². The lowest BCUT2D eigenvalue weighted by Crippen LogP contribution is -2.54. The van der Waals surface area contributed by atoms with E-state index in [-0.39, 0.29) is 23.8 Å². The molecule has 0 bridgehead atoms. The normalized spacial score (nSPS) is 28.2. The third-order valence-electron chi connectivity index (χ3n) is 6.60. The van der Waals surface area contributed by atoms with Crippen LogP contribution in [0.2, 0.25) is 0 Å². The van der Waals surface area contributed by atoms with Gasteiger partial charge in [-0.05, 0) is 73.5 Å². The maximum atomic E-state index is 13.2. The van der Waals surface area contributed by atoms with Gasteiger partial charge in [-0.25, -0.2) is 4.79 Å². The van der Waals surface area contributed by atoms with Crippen molar-refractivity contribution in [1.82, 2.24) is 10.2 Å². The van der Waals surface area contributed by atoms with Gasteiger partial charge in [0.1, 0.15) is 12.1 Å². The minimum Gasteiger partial charge on any atom is -0.324 e. The smallest absolute Gasteiger partial charge is 0.324 e. The Morgan fingerprint density at radius 2 is 1.97 bits per heavy atom. The molecule has 29 heavy (non-hydrogen) atoms. The molecule has 1 aromatic carbocycles. The molecule has 1 spiro atoms. The van der Waals surface area contributed by atoms with Crippen LogP contribution in [-0.2, 0) is 22.4 Å². The lowest BCUT2D eigenvalue weighted by Gasteiger charge is -2.43. The Morgan fingerprint density at radius 3 is 2.72 bits per heavy atom. The Kier molecular flexibility index (Phi) is 4.91. The van der Waals surface area contributed by atoms with Crippen molar-refractivity contribution in [3.05, 3.63) is 29.3 Å². The summed E-state index contributed by atoms with van der Waals surface area (Å²) in [5, 5.41) is 5.87. The van der Waals surface area contributed by atoms with Crippen molar-refractivity contribution in [3.63, 3.8) is 0 Å². The minimum atomic E-state index is -0.871. The zero-order valence-corrected chi connectivity index (χ0v) is 17.6. The Hall–Kier alpha value is -2.37. The maximum absolute atomic E-state index is 13.2. The number of anilines is 1. The minimum absolute atomic E-state index is 0.0258. The molecule has 156 valence electrons. The van der Waals surface area contributed by atoms with Crippen LogP contribution in [-0.4, -0.2) is 34.8 Å². The molecule has 2 unspecified atom stereocenters. The molecule has 0 aromatic heterocycles. The molecular weight excluding hydrogens is 366 g/mol. The third kappa shape index (κ3) is 3.77. The number of imide groups is 1. The molecule has 6 nitrogen and oxygen atoms in total. The van der Waals surface area contributed by atoms with E-state index in [1.165, 1.54) is 17.5 Å². The Morgan fingerprint density at radius 1 is 1.21 bits per heavy atom. The first-order valence-corrected chi connectivity index (χ1v) is 10.7. The molecule has 3 aliphatic rings. The van der Waals surface area contributed by atoms with Crippen LogP contribution in [0.3, 0.4) is 0 Å². The fraction of sp³-hybridized carbons (Fsp3) is 0.609. The van der Waals surface area contributed by atoms with Crippen LogP contribution in [0, 0.1) is 11.3 Å². The van der Waals surface area contributed by atoms with Crippen LogP contribution in [0.25, 0.3) is 0 Å². The van der Waals surface area contributed by atoms with Crippen LogP contribution in [0.1, 0.15) is 64.0 Å². The number of hydrogen-bond acceptors (Lipinski definition) is 3. The highest BCUT2D eigenvalue weighted by molar-refractivity contribution is 6.10. The second-order valence-electron chi connectivity index (χ2n) is 9.96. The second kappa shape index (κ2) is 7.15.